The van der Waals surface area contributed by atoms with Gasteiger partial charge in [0.05, 0.1) is 6.10 Å². The minimum absolute atomic E-state index is 0.123. The van der Waals surface area contributed by atoms with Gasteiger partial charge >= 0.3 is 0 Å². The summed E-state index contributed by atoms with van der Waals surface area (Å²) in [4.78, 5) is 11.8. The van der Waals surface area contributed by atoms with Crippen molar-refractivity contribution in [1.29, 1.82) is 0 Å². The summed E-state index contributed by atoms with van der Waals surface area (Å²) < 4.78 is 0. The molecular weight excluding hydrogens is 212 g/mol. The van der Waals surface area contributed by atoms with Crippen LogP contribution in [0.25, 0.3) is 0 Å². The number of allylic oxidation sites excluding steroid dienone is 1. The molecular formula is C15H22O2. The summed E-state index contributed by atoms with van der Waals surface area (Å²) in [7, 11) is 0. The minimum atomic E-state index is -0.492. The van der Waals surface area contributed by atoms with Gasteiger partial charge < -0.3 is 5.11 Å². The van der Waals surface area contributed by atoms with Crippen LogP contribution in [-0.2, 0) is 4.79 Å². The normalized spacial score (nSPS) is 38.0. The number of carbonyl (C=O) groups excluding carboxylic acids is 1. The van der Waals surface area contributed by atoms with Crippen LogP contribution in [-0.4, -0.2) is 17.0 Å². The van der Waals surface area contributed by atoms with Crippen LogP contribution in [0.15, 0.2) is 23.3 Å². The SMILES string of the molecule is C=C(C)C1CCC(C)C2CC(=O)C(C)=C2C1O. The Balaban J connectivity index is 2.42. The molecule has 2 nitrogen and oxygen atoms in total. The van der Waals surface area contributed by atoms with E-state index >= 15 is 0 Å². The van der Waals surface area contributed by atoms with Gasteiger partial charge in [-0.25, -0.2) is 0 Å². The Morgan fingerprint density at radius 2 is 2.06 bits per heavy atom. The van der Waals surface area contributed by atoms with Crippen LogP contribution in [0.5, 0.6) is 0 Å². The lowest BCUT2D eigenvalue weighted by atomic mass is 9.84. The van der Waals surface area contributed by atoms with Crippen LogP contribution in [0.2, 0.25) is 0 Å². The van der Waals surface area contributed by atoms with Crippen molar-refractivity contribution in [2.24, 2.45) is 17.8 Å². The van der Waals surface area contributed by atoms with Crippen molar-refractivity contribution in [2.75, 3.05) is 0 Å². The average Bonchev–Trinajstić information content (AvgIpc) is 2.48. The number of carbonyl (C=O) groups is 1. The fourth-order valence-corrected chi connectivity index (χ4v) is 3.38. The zero-order valence-corrected chi connectivity index (χ0v) is 11.0. The van der Waals surface area contributed by atoms with E-state index in [2.05, 4.69) is 13.5 Å². The van der Waals surface area contributed by atoms with E-state index in [0.717, 1.165) is 29.6 Å². The van der Waals surface area contributed by atoms with Gasteiger partial charge in [0.25, 0.3) is 0 Å². The summed E-state index contributed by atoms with van der Waals surface area (Å²) in [6.45, 7) is 10.0. The van der Waals surface area contributed by atoms with Crippen molar-refractivity contribution in [3.05, 3.63) is 23.3 Å². The maximum atomic E-state index is 11.8. The van der Waals surface area contributed by atoms with Gasteiger partial charge in [-0.05, 0) is 49.7 Å². The molecule has 1 N–H and O–H groups in total. The van der Waals surface area contributed by atoms with Crippen LogP contribution in [0.1, 0.15) is 40.0 Å². The number of hydrogen-bond acceptors (Lipinski definition) is 2. The summed E-state index contributed by atoms with van der Waals surface area (Å²) in [5.74, 6) is 1.10. The lowest BCUT2D eigenvalue weighted by Gasteiger charge is -2.24. The van der Waals surface area contributed by atoms with Gasteiger partial charge in [-0.2, -0.15) is 0 Å². The van der Waals surface area contributed by atoms with Gasteiger partial charge in [-0.15, -0.1) is 0 Å². The highest BCUT2D eigenvalue weighted by Gasteiger charge is 2.41. The molecule has 4 unspecified atom stereocenters. The molecule has 2 rings (SSSR count). The van der Waals surface area contributed by atoms with E-state index in [1.165, 1.54) is 0 Å². The van der Waals surface area contributed by atoms with E-state index in [9.17, 15) is 9.90 Å². The molecule has 0 spiro atoms. The molecule has 0 bridgehead atoms. The van der Waals surface area contributed by atoms with Crippen LogP contribution in [0.4, 0.5) is 0 Å². The predicted octanol–water partition coefficient (Wildman–Crippen LogP) is 2.88. The van der Waals surface area contributed by atoms with Crippen LogP contribution in [0, 0.1) is 17.8 Å². The Morgan fingerprint density at radius 1 is 1.41 bits per heavy atom. The zero-order chi connectivity index (χ0) is 12.7. The quantitative estimate of drug-likeness (QED) is 0.708. The first-order chi connectivity index (χ1) is 7.93. The van der Waals surface area contributed by atoms with E-state index in [1.807, 2.05) is 13.8 Å². The van der Waals surface area contributed by atoms with E-state index in [1.54, 1.807) is 0 Å². The topological polar surface area (TPSA) is 37.3 Å². The monoisotopic (exact) mass is 234 g/mol. The molecule has 1 saturated carbocycles. The number of Topliss-reactive ketones (excluding diaryl/α,β-unsaturated/α-hetero) is 1. The molecule has 2 aliphatic carbocycles. The maximum absolute atomic E-state index is 11.8. The highest BCUT2D eigenvalue weighted by atomic mass is 16.3. The lowest BCUT2D eigenvalue weighted by Crippen LogP contribution is -2.24. The molecule has 2 aliphatic rings. The molecule has 94 valence electrons. The summed E-state index contributed by atoms with van der Waals surface area (Å²) >= 11 is 0. The second kappa shape index (κ2) is 4.41. The molecule has 4 atom stereocenters. The third-order valence-electron chi connectivity index (χ3n) is 4.61. The van der Waals surface area contributed by atoms with Crippen molar-refractivity contribution in [3.63, 3.8) is 0 Å². The van der Waals surface area contributed by atoms with Crippen LogP contribution >= 0.6 is 0 Å². The molecule has 0 aliphatic heterocycles. The Morgan fingerprint density at radius 3 is 2.65 bits per heavy atom. The van der Waals surface area contributed by atoms with Gasteiger partial charge in [-0.1, -0.05) is 19.1 Å². The van der Waals surface area contributed by atoms with E-state index in [0.29, 0.717) is 12.3 Å². The second-order valence-electron chi connectivity index (χ2n) is 5.77. The van der Waals surface area contributed by atoms with Crippen molar-refractivity contribution < 1.29 is 9.90 Å². The largest absolute Gasteiger partial charge is 0.388 e. The summed E-state index contributed by atoms with van der Waals surface area (Å²) in [6, 6.07) is 0. The summed E-state index contributed by atoms with van der Waals surface area (Å²) in [5, 5.41) is 10.5. The first-order valence-corrected chi connectivity index (χ1v) is 6.50. The third-order valence-corrected chi connectivity index (χ3v) is 4.61. The lowest BCUT2D eigenvalue weighted by molar-refractivity contribution is -0.115. The molecule has 0 aromatic carbocycles. The Kier molecular flexibility index (Phi) is 3.26. The smallest absolute Gasteiger partial charge is 0.159 e. The number of ketones is 1. The van der Waals surface area contributed by atoms with E-state index < -0.39 is 6.10 Å². The minimum Gasteiger partial charge on any atom is -0.388 e. The first-order valence-electron chi connectivity index (χ1n) is 6.50. The Hall–Kier alpha value is -0.890. The number of hydrogen-bond donors (Lipinski definition) is 1. The number of rotatable bonds is 1. The summed E-state index contributed by atoms with van der Waals surface area (Å²) in [6.07, 6.45) is 2.17. The average molecular weight is 234 g/mol. The van der Waals surface area contributed by atoms with E-state index in [-0.39, 0.29) is 17.6 Å². The Labute approximate surface area is 103 Å². The molecule has 0 aromatic heterocycles. The molecule has 0 heterocycles. The number of aliphatic hydroxyl groups excluding tert-OH is 1. The van der Waals surface area contributed by atoms with Crippen LogP contribution in [0.3, 0.4) is 0 Å². The van der Waals surface area contributed by atoms with Crippen molar-refractivity contribution in [2.45, 2.75) is 46.1 Å². The molecule has 1 fully saturated rings. The third kappa shape index (κ3) is 1.99. The van der Waals surface area contributed by atoms with Crippen molar-refractivity contribution in [3.8, 4) is 0 Å². The van der Waals surface area contributed by atoms with Crippen molar-refractivity contribution in [1.82, 2.24) is 0 Å². The Bertz CT molecular complexity index is 392. The fourth-order valence-electron chi connectivity index (χ4n) is 3.38. The molecule has 17 heavy (non-hydrogen) atoms. The summed E-state index contributed by atoms with van der Waals surface area (Å²) in [5.41, 5.74) is 2.85. The molecule has 0 radical (unpaired) electrons. The van der Waals surface area contributed by atoms with Crippen LogP contribution < -0.4 is 0 Å². The maximum Gasteiger partial charge on any atom is 0.159 e. The standard InChI is InChI=1S/C15H22O2/c1-8(2)11-6-5-9(3)12-7-13(16)10(4)14(12)15(11)17/h9,11-12,15,17H,1,5-7H2,2-4H3. The molecule has 0 saturated heterocycles. The van der Waals surface area contributed by atoms with Gasteiger partial charge in [0.1, 0.15) is 0 Å². The zero-order valence-electron chi connectivity index (χ0n) is 11.0. The predicted molar refractivity (Wildman–Crippen MR) is 68.5 cm³/mol. The van der Waals surface area contributed by atoms with Crippen molar-refractivity contribution >= 4 is 5.78 Å². The van der Waals surface area contributed by atoms with Gasteiger partial charge in [0.15, 0.2) is 5.78 Å². The first kappa shape index (κ1) is 12.6. The molecule has 0 amide bonds. The molecule has 2 heteroatoms. The van der Waals surface area contributed by atoms with Gasteiger partial charge in [0.2, 0.25) is 0 Å². The van der Waals surface area contributed by atoms with E-state index in [4.69, 9.17) is 0 Å². The second-order valence-corrected chi connectivity index (χ2v) is 5.77. The highest BCUT2D eigenvalue weighted by molar-refractivity contribution is 5.98. The molecule has 0 aromatic rings. The number of aliphatic hydroxyl groups is 1. The highest BCUT2D eigenvalue weighted by Crippen LogP contribution is 2.45. The van der Waals surface area contributed by atoms with Gasteiger partial charge in [-0.3, -0.25) is 4.79 Å². The van der Waals surface area contributed by atoms with Gasteiger partial charge in [0, 0.05) is 12.3 Å². The number of fused-ring (bicyclic) bond motifs is 1. The fraction of sp³-hybridized carbons (Fsp3) is 0.667.